The van der Waals surface area contributed by atoms with Gasteiger partial charge >= 0.3 is 0 Å². The van der Waals surface area contributed by atoms with Crippen LogP contribution in [0.4, 0.5) is 0 Å². The lowest BCUT2D eigenvalue weighted by Crippen LogP contribution is -2.25. The van der Waals surface area contributed by atoms with Crippen LogP contribution in [0, 0.1) is 13.8 Å². The molecule has 0 saturated heterocycles. The number of hydrogen-bond acceptors (Lipinski definition) is 4. The largest absolute Gasteiger partial charge is 0.271 e. The fraction of sp³-hybridized carbons (Fsp3) is 0.167. The van der Waals surface area contributed by atoms with Gasteiger partial charge in [-0.3, -0.25) is 10.2 Å². The minimum absolute atomic E-state index is 0.297. The van der Waals surface area contributed by atoms with E-state index >= 15 is 0 Å². The van der Waals surface area contributed by atoms with E-state index < -0.39 is 0 Å². The van der Waals surface area contributed by atoms with Crippen molar-refractivity contribution >= 4 is 29.3 Å². The second kappa shape index (κ2) is 7.72. The molecule has 0 radical (unpaired) electrons. The van der Waals surface area contributed by atoms with Gasteiger partial charge in [0.1, 0.15) is 5.82 Å². The van der Waals surface area contributed by atoms with E-state index in [1.54, 1.807) is 23.7 Å². The maximum absolute atomic E-state index is 12.5. The Morgan fingerprint density at radius 3 is 2.64 bits per heavy atom. The van der Waals surface area contributed by atoms with E-state index in [-0.39, 0.29) is 5.91 Å². The minimum atomic E-state index is -0.297. The fourth-order valence-electron chi connectivity index (χ4n) is 2.25. The first-order valence-corrected chi connectivity index (χ1v) is 9.07. The molecule has 7 heteroatoms. The molecule has 0 atom stereocenters. The maximum atomic E-state index is 12.5. The van der Waals surface area contributed by atoms with Gasteiger partial charge in [0.15, 0.2) is 0 Å². The zero-order valence-corrected chi connectivity index (χ0v) is 15.4. The summed E-state index contributed by atoms with van der Waals surface area (Å²) in [6, 6.07) is 15.4. The second-order valence-electron chi connectivity index (χ2n) is 5.56. The molecule has 0 bridgehead atoms. The molecule has 3 rings (SSSR count). The highest BCUT2D eigenvalue weighted by Crippen LogP contribution is 2.22. The molecule has 0 saturated carbocycles. The fourth-order valence-corrected chi connectivity index (χ4v) is 3.47. The molecular formula is C18H17ClN4OS. The lowest BCUT2D eigenvalue weighted by molar-refractivity contribution is 0.101. The van der Waals surface area contributed by atoms with Crippen molar-refractivity contribution in [3.05, 3.63) is 76.1 Å². The Morgan fingerprint density at radius 2 is 1.92 bits per heavy atom. The molecule has 1 amide bonds. The van der Waals surface area contributed by atoms with Crippen LogP contribution in [-0.4, -0.2) is 20.8 Å². The topological polar surface area (TPSA) is 59.8 Å². The highest BCUT2D eigenvalue weighted by atomic mass is 35.5. The van der Waals surface area contributed by atoms with Crippen molar-refractivity contribution in [3.8, 4) is 0 Å². The van der Waals surface area contributed by atoms with E-state index in [0.29, 0.717) is 21.6 Å². The summed E-state index contributed by atoms with van der Waals surface area (Å²) in [5.74, 6) is 1.04. The summed E-state index contributed by atoms with van der Waals surface area (Å²) < 4.78 is 1.59. The molecule has 5 nitrogen and oxygen atoms in total. The van der Waals surface area contributed by atoms with Gasteiger partial charge in [-0.2, -0.15) is 0 Å². The van der Waals surface area contributed by atoms with E-state index in [1.807, 2.05) is 43.3 Å². The van der Waals surface area contributed by atoms with Crippen molar-refractivity contribution in [2.75, 3.05) is 5.43 Å². The molecule has 0 unspecified atom stereocenters. The summed E-state index contributed by atoms with van der Waals surface area (Å²) in [4.78, 5) is 12.5. The van der Waals surface area contributed by atoms with Gasteiger partial charge in [0.25, 0.3) is 5.91 Å². The summed E-state index contributed by atoms with van der Waals surface area (Å²) >= 11 is 7.69. The van der Waals surface area contributed by atoms with Crippen molar-refractivity contribution in [3.63, 3.8) is 0 Å². The number of carbonyl (C=O) groups excluding carboxylic acids is 1. The molecular weight excluding hydrogens is 356 g/mol. The Hall–Kier alpha value is -2.31. The number of thioether (sulfide) groups is 1. The molecule has 2 aromatic carbocycles. The molecule has 0 aliphatic carbocycles. The Labute approximate surface area is 155 Å². The van der Waals surface area contributed by atoms with Crippen molar-refractivity contribution in [1.29, 1.82) is 0 Å². The number of carbonyl (C=O) groups is 1. The zero-order valence-electron chi connectivity index (χ0n) is 13.9. The molecule has 128 valence electrons. The molecule has 0 spiro atoms. The number of hydrogen-bond donors (Lipinski definition) is 1. The predicted molar refractivity (Wildman–Crippen MR) is 101 cm³/mol. The molecule has 1 heterocycles. The van der Waals surface area contributed by atoms with Gasteiger partial charge in [0, 0.05) is 5.75 Å². The first kappa shape index (κ1) is 17.5. The molecule has 0 aliphatic heterocycles. The van der Waals surface area contributed by atoms with Crippen LogP contribution in [0.2, 0.25) is 5.02 Å². The highest BCUT2D eigenvalue weighted by molar-refractivity contribution is 7.98. The normalized spacial score (nSPS) is 10.7. The van der Waals surface area contributed by atoms with Crippen molar-refractivity contribution in [2.45, 2.75) is 24.8 Å². The average molecular weight is 373 g/mol. The summed E-state index contributed by atoms with van der Waals surface area (Å²) in [7, 11) is 0. The maximum Gasteiger partial charge on any atom is 0.271 e. The quantitative estimate of drug-likeness (QED) is 0.681. The summed E-state index contributed by atoms with van der Waals surface area (Å²) in [6.07, 6.45) is 0. The summed E-state index contributed by atoms with van der Waals surface area (Å²) in [5.41, 5.74) is 5.41. The van der Waals surface area contributed by atoms with Crippen molar-refractivity contribution in [1.82, 2.24) is 14.9 Å². The first-order chi connectivity index (χ1) is 12.0. The Morgan fingerprint density at radius 1 is 1.16 bits per heavy atom. The number of benzene rings is 2. The summed E-state index contributed by atoms with van der Waals surface area (Å²) in [5, 5.41) is 9.24. The van der Waals surface area contributed by atoms with E-state index in [4.69, 9.17) is 11.6 Å². The lowest BCUT2D eigenvalue weighted by Gasteiger charge is -2.11. The van der Waals surface area contributed by atoms with Crippen LogP contribution in [0.25, 0.3) is 0 Å². The minimum Gasteiger partial charge on any atom is -0.267 e. The van der Waals surface area contributed by atoms with Gasteiger partial charge in [-0.05, 0) is 37.1 Å². The van der Waals surface area contributed by atoms with Crippen LogP contribution in [0.15, 0.2) is 53.7 Å². The van der Waals surface area contributed by atoms with Gasteiger partial charge in [0.2, 0.25) is 5.16 Å². The van der Waals surface area contributed by atoms with Crippen LogP contribution < -0.4 is 5.43 Å². The van der Waals surface area contributed by atoms with Crippen LogP contribution in [0.1, 0.15) is 27.3 Å². The molecule has 0 aliphatic rings. The van der Waals surface area contributed by atoms with E-state index in [1.165, 1.54) is 17.3 Å². The van der Waals surface area contributed by atoms with Crippen molar-refractivity contribution in [2.24, 2.45) is 0 Å². The number of aromatic nitrogens is 3. The molecule has 1 N–H and O–H groups in total. The first-order valence-electron chi connectivity index (χ1n) is 7.71. The Balaban J connectivity index is 1.76. The molecule has 0 fully saturated rings. The highest BCUT2D eigenvalue weighted by Gasteiger charge is 2.15. The third-order valence-electron chi connectivity index (χ3n) is 3.59. The Bertz CT molecular complexity index is 895. The lowest BCUT2D eigenvalue weighted by atomic mass is 10.1. The van der Waals surface area contributed by atoms with Crippen LogP contribution in [0.5, 0.6) is 0 Å². The number of halogens is 1. The number of rotatable bonds is 5. The molecule has 3 aromatic rings. The standard InChI is InChI=1S/C18H17ClN4OS/c1-12-8-9-15(16(19)10-12)17(24)22-23-13(2)20-21-18(23)25-11-14-6-4-3-5-7-14/h3-10H,11H2,1-2H3,(H,22,24). The number of nitrogens with one attached hydrogen (secondary N) is 1. The van der Waals surface area contributed by atoms with E-state index in [2.05, 4.69) is 15.6 Å². The van der Waals surface area contributed by atoms with E-state index in [9.17, 15) is 4.79 Å². The number of amides is 1. The monoisotopic (exact) mass is 372 g/mol. The van der Waals surface area contributed by atoms with Crippen LogP contribution >= 0.6 is 23.4 Å². The van der Waals surface area contributed by atoms with Gasteiger partial charge in [-0.15, -0.1) is 10.2 Å². The third kappa shape index (κ3) is 4.21. The molecule has 1 aromatic heterocycles. The zero-order chi connectivity index (χ0) is 17.8. The number of aryl methyl sites for hydroxylation is 2. The van der Waals surface area contributed by atoms with Crippen molar-refractivity contribution < 1.29 is 4.79 Å². The van der Waals surface area contributed by atoms with E-state index in [0.717, 1.165) is 11.3 Å². The van der Waals surface area contributed by atoms with Crippen LogP contribution in [0.3, 0.4) is 0 Å². The van der Waals surface area contributed by atoms with Gasteiger partial charge in [-0.1, -0.05) is 59.8 Å². The Kier molecular flexibility index (Phi) is 5.40. The SMILES string of the molecule is Cc1ccc(C(=O)Nn2c(C)nnc2SCc2ccccc2)c(Cl)c1. The predicted octanol–water partition coefficient (Wildman–Crippen LogP) is 4.22. The third-order valence-corrected chi connectivity index (χ3v) is 4.90. The van der Waals surface area contributed by atoms with Crippen LogP contribution in [-0.2, 0) is 5.75 Å². The second-order valence-corrected chi connectivity index (χ2v) is 6.91. The van der Waals surface area contributed by atoms with Gasteiger partial charge in [-0.25, -0.2) is 4.68 Å². The number of nitrogens with zero attached hydrogens (tertiary/aromatic N) is 3. The van der Waals surface area contributed by atoms with Gasteiger partial charge in [0.05, 0.1) is 10.6 Å². The average Bonchev–Trinajstić information content (AvgIpc) is 2.94. The molecule has 25 heavy (non-hydrogen) atoms. The summed E-state index contributed by atoms with van der Waals surface area (Å²) in [6.45, 7) is 3.71. The van der Waals surface area contributed by atoms with Gasteiger partial charge < -0.3 is 0 Å². The smallest absolute Gasteiger partial charge is 0.267 e.